The van der Waals surface area contributed by atoms with Gasteiger partial charge in [-0.25, -0.2) is 0 Å². The van der Waals surface area contributed by atoms with E-state index >= 15 is 0 Å². The van der Waals surface area contributed by atoms with Crippen LogP contribution in [0.15, 0.2) is 24.3 Å². The molecule has 0 heterocycles. The first kappa shape index (κ1) is 16.0. The van der Waals surface area contributed by atoms with Crippen molar-refractivity contribution in [2.24, 2.45) is 5.73 Å². The monoisotopic (exact) mass is 282 g/mol. The molecule has 1 aliphatic carbocycles. The molecule has 2 atom stereocenters. The number of benzene rings is 1. The number of hydrogen-bond acceptors (Lipinski definition) is 2. The van der Waals surface area contributed by atoms with Crippen LogP contribution in [0.2, 0.25) is 0 Å². The van der Waals surface area contributed by atoms with E-state index in [4.69, 9.17) is 5.73 Å². The fraction of sp³-hybridized carbons (Fsp3) is 0.533. The van der Waals surface area contributed by atoms with Crippen LogP contribution in [0.4, 0.5) is 0 Å². The van der Waals surface area contributed by atoms with Crippen molar-refractivity contribution in [1.29, 1.82) is 0 Å². The lowest BCUT2D eigenvalue weighted by atomic mass is 9.70. The molecule has 0 radical (unpaired) electrons. The van der Waals surface area contributed by atoms with Gasteiger partial charge >= 0.3 is 0 Å². The zero-order valence-corrected chi connectivity index (χ0v) is 12.4. The molecule has 4 heteroatoms. The van der Waals surface area contributed by atoms with Crippen LogP contribution in [0.3, 0.4) is 0 Å². The summed E-state index contributed by atoms with van der Waals surface area (Å²) in [5.74, 6) is 0.104. The van der Waals surface area contributed by atoms with Gasteiger partial charge in [0.2, 0.25) is 5.91 Å². The van der Waals surface area contributed by atoms with Gasteiger partial charge in [-0.1, -0.05) is 24.3 Å². The van der Waals surface area contributed by atoms with E-state index in [0.717, 1.165) is 19.3 Å². The third-order valence-corrected chi connectivity index (χ3v) is 3.97. The van der Waals surface area contributed by atoms with Crippen molar-refractivity contribution in [2.75, 3.05) is 6.54 Å². The minimum Gasteiger partial charge on any atom is -0.352 e. The third kappa shape index (κ3) is 3.10. The van der Waals surface area contributed by atoms with Crippen molar-refractivity contribution in [1.82, 2.24) is 5.32 Å². The fourth-order valence-electron chi connectivity index (χ4n) is 2.72. The van der Waals surface area contributed by atoms with Crippen molar-refractivity contribution >= 4 is 18.3 Å². The molecule has 1 aromatic carbocycles. The fourth-order valence-corrected chi connectivity index (χ4v) is 2.72. The molecular formula is C15H23ClN2O. The second-order valence-electron chi connectivity index (χ2n) is 5.45. The first-order valence-corrected chi connectivity index (χ1v) is 6.67. The van der Waals surface area contributed by atoms with Crippen molar-refractivity contribution < 1.29 is 4.79 Å². The molecule has 3 N–H and O–H groups in total. The number of hydrogen-bond donors (Lipinski definition) is 2. The molecule has 0 bridgehead atoms. The number of nitrogens with one attached hydrogen (secondary N) is 1. The maximum atomic E-state index is 12.5. The van der Waals surface area contributed by atoms with E-state index in [2.05, 4.69) is 17.4 Å². The molecule has 3 nitrogen and oxygen atoms in total. The van der Waals surface area contributed by atoms with Gasteiger partial charge in [-0.3, -0.25) is 4.79 Å². The average molecular weight is 283 g/mol. The number of aryl methyl sites for hydroxylation is 1. The van der Waals surface area contributed by atoms with E-state index in [1.165, 1.54) is 11.1 Å². The number of fused-ring (bicyclic) bond motifs is 1. The highest BCUT2D eigenvalue weighted by Gasteiger charge is 2.38. The largest absolute Gasteiger partial charge is 0.352 e. The van der Waals surface area contributed by atoms with Crippen LogP contribution in [0.25, 0.3) is 0 Å². The normalized spacial score (nSPS) is 22.9. The van der Waals surface area contributed by atoms with Gasteiger partial charge in [-0.15, -0.1) is 12.4 Å². The van der Waals surface area contributed by atoms with Crippen LogP contribution in [0.1, 0.15) is 37.8 Å². The predicted molar refractivity (Wildman–Crippen MR) is 80.6 cm³/mol. The van der Waals surface area contributed by atoms with E-state index < -0.39 is 5.41 Å². The van der Waals surface area contributed by atoms with Crippen LogP contribution in [0.5, 0.6) is 0 Å². The van der Waals surface area contributed by atoms with Crippen molar-refractivity contribution in [3.8, 4) is 0 Å². The summed E-state index contributed by atoms with van der Waals surface area (Å²) in [4.78, 5) is 12.5. The van der Waals surface area contributed by atoms with Crippen molar-refractivity contribution in [2.45, 2.75) is 44.6 Å². The maximum absolute atomic E-state index is 12.5. The Kier molecular flexibility index (Phi) is 5.39. The standard InChI is InChI=1S/C15H22N2O.ClH/c1-11(10-16)17-14(18)15(2)9-5-7-12-6-3-4-8-13(12)15;/h3-4,6,8,11H,5,7,9-10,16H2,1-2H3,(H,17,18);1H/t11-,15?;/m0./s1. The summed E-state index contributed by atoms with van der Waals surface area (Å²) in [6, 6.07) is 8.31. The first-order chi connectivity index (χ1) is 8.58. The Morgan fingerprint density at radius 2 is 2.16 bits per heavy atom. The molecule has 1 aromatic rings. The van der Waals surface area contributed by atoms with E-state index in [0.29, 0.717) is 6.54 Å². The molecule has 0 aliphatic heterocycles. The van der Waals surface area contributed by atoms with Gasteiger partial charge in [-0.2, -0.15) is 0 Å². The summed E-state index contributed by atoms with van der Waals surface area (Å²) in [5.41, 5.74) is 7.65. The van der Waals surface area contributed by atoms with Gasteiger partial charge in [0.25, 0.3) is 0 Å². The number of amides is 1. The summed E-state index contributed by atoms with van der Waals surface area (Å²) in [7, 11) is 0. The number of halogens is 1. The van der Waals surface area contributed by atoms with Crippen LogP contribution in [0, 0.1) is 0 Å². The molecule has 1 unspecified atom stereocenters. The highest BCUT2D eigenvalue weighted by molar-refractivity contribution is 5.88. The quantitative estimate of drug-likeness (QED) is 0.893. The molecule has 0 aromatic heterocycles. The Labute approximate surface area is 121 Å². The second-order valence-corrected chi connectivity index (χ2v) is 5.45. The topological polar surface area (TPSA) is 55.1 Å². The summed E-state index contributed by atoms with van der Waals surface area (Å²) < 4.78 is 0. The third-order valence-electron chi connectivity index (χ3n) is 3.97. The van der Waals surface area contributed by atoms with E-state index in [1.54, 1.807) is 0 Å². The van der Waals surface area contributed by atoms with Crippen LogP contribution >= 0.6 is 12.4 Å². The maximum Gasteiger partial charge on any atom is 0.230 e. The molecule has 1 aliphatic rings. The SMILES string of the molecule is C[C@@H](CN)NC(=O)C1(C)CCCc2ccccc21.Cl. The lowest BCUT2D eigenvalue weighted by molar-refractivity contribution is -0.127. The summed E-state index contributed by atoms with van der Waals surface area (Å²) >= 11 is 0. The van der Waals surface area contributed by atoms with E-state index in [1.807, 2.05) is 26.0 Å². The highest BCUT2D eigenvalue weighted by atomic mass is 35.5. The second kappa shape index (κ2) is 6.40. The van der Waals surface area contributed by atoms with Crippen molar-refractivity contribution in [3.63, 3.8) is 0 Å². The first-order valence-electron chi connectivity index (χ1n) is 6.67. The Morgan fingerprint density at radius 1 is 1.47 bits per heavy atom. The van der Waals surface area contributed by atoms with Gasteiger partial charge in [0, 0.05) is 12.6 Å². The summed E-state index contributed by atoms with van der Waals surface area (Å²) in [6.07, 6.45) is 3.05. The minimum absolute atomic E-state index is 0. The van der Waals surface area contributed by atoms with Crippen LogP contribution < -0.4 is 11.1 Å². The van der Waals surface area contributed by atoms with E-state index in [-0.39, 0.29) is 24.4 Å². The molecule has 2 rings (SSSR count). The molecule has 0 spiro atoms. The molecule has 0 saturated heterocycles. The number of rotatable bonds is 3. The predicted octanol–water partition coefficient (Wildman–Crippen LogP) is 2.17. The summed E-state index contributed by atoms with van der Waals surface area (Å²) in [5, 5.41) is 3.02. The van der Waals surface area contributed by atoms with Crippen LogP contribution in [-0.2, 0) is 16.6 Å². The molecular weight excluding hydrogens is 260 g/mol. The zero-order chi connectivity index (χ0) is 13.2. The minimum atomic E-state index is -0.404. The molecule has 1 amide bonds. The Morgan fingerprint density at radius 3 is 2.84 bits per heavy atom. The lowest BCUT2D eigenvalue weighted by Crippen LogP contribution is -2.49. The van der Waals surface area contributed by atoms with E-state index in [9.17, 15) is 4.79 Å². The smallest absolute Gasteiger partial charge is 0.230 e. The number of carbonyl (C=O) groups excluding carboxylic acids is 1. The van der Waals surface area contributed by atoms with Crippen molar-refractivity contribution in [3.05, 3.63) is 35.4 Å². The number of carbonyl (C=O) groups is 1. The zero-order valence-electron chi connectivity index (χ0n) is 11.6. The molecule has 106 valence electrons. The number of nitrogens with two attached hydrogens (primary N) is 1. The van der Waals surface area contributed by atoms with Gasteiger partial charge < -0.3 is 11.1 Å². The molecule has 0 saturated carbocycles. The van der Waals surface area contributed by atoms with Crippen LogP contribution in [-0.4, -0.2) is 18.5 Å². The Hall–Kier alpha value is -1.06. The highest BCUT2D eigenvalue weighted by Crippen LogP contribution is 2.37. The Bertz CT molecular complexity index is 450. The van der Waals surface area contributed by atoms with Gasteiger partial charge in [0.05, 0.1) is 5.41 Å². The van der Waals surface area contributed by atoms with Gasteiger partial charge in [0.15, 0.2) is 0 Å². The molecule has 19 heavy (non-hydrogen) atoms. The lowest BCUT2D eigenvalue weighted by Gasteiger charge is -2.35. The average Bonchev–Trinajstić information content (AvgIpc) is 2.39. The summed E-state index contributed by atoms with van der Waals surface area (Å²) in [6.45, 7) is 4.46. The van der Waals surface area contributed by atoms with Gasteiger partial charge in [0.1, 0.15) is 0 Å². The van der Waals surface area contributed by atoms with Gasteiger partial charge in [-0.05, 0) is 44.2 Å². The Balaban J connectivity index is 0.00000180. The molecule has 0 fully saturated rings.